The van der Waals surface area contributed by atoms with Crippen LogP contribution in [0.5, 0.6) is 0 Å². The highest BCUT2D eigenvalue weighted by Gasteiger charge is 2.09. The van der Waals surface area contributed by atoms with Crippen molar-refractivity contribution in [3.8, 4) is 0 Å². The van der Waals surface area contributed by atoms with Crippen LogP contribution in [0.15, 0.2) is 5.10 Å². The van der Waals surface area contributed by atoms with Crippen molar-refractivity contribution in [2.75, 3.05) is 27.2 Å². The predicted molar refractivity (Wildman–Crippen MR) is 38.5 cm³/mol. The van der Waals surface area contributed by atoms with Gasteiger partial charge >= 0.3 is 0 Å². The lowest BCUT2D eigenvalue weighted by Crippen LogP contribution is -2.25. The van der Waals surface area contributed by atoms with Crippen LogP contribution >= 0.6 is 0 Å². The van der Waals surface area contributed by atoms with Crippen LogP contribution in [0, 0.1) is 5.92 Å². The van der Waals surface area contributed by atoms with E-state index in [1.165, 1.54) is 0 Å². The van der Waals surface area contributed by atoms with E-state index in [0.29, 0.717) is 5.92 Å². The number of nitrogens with one attached hydrogen (secondary N) is 1. The second-order valence-corrected chi connectivity index (χ2v) is 2.66. The predicted octanol–water partition coefficient (Wildman–Crippen LogP) is -0.247. The largest absolute Gasteiger partial charge is 0.310 e. The standard InChI is InChI=1S/C6H13N3/c1-9(2)5-6-3-7-8-4-6/h3,6,8H,4-5H2,1-2H3. The molecule has 1 aliphatic heterocycles. The molecule has 0 saturated heterocycles. The smallest absolute Gasteiger partial charge is 0.0420 e. The van der Waals surface area contributed by atoms with E-state index in [1.807, 2.05) is 6.21 Å². The van der Waals surface area contributed by atoms with Crippen molar-refractivity contribution in [3.63, 3.8) is 0 Å². The first-order valence-electron chi connectivity index (χ1n) is 3.20. The van der Waals surface area contributed by atoms with Crippen LogP contribution in [-0.2, 0) is 0 Å². The maximum Gasteiger partial charge on any atom is 0.0420 e. The Labute approximate surface area is 55.7 Å². The molecular weight excluding hydrogens is 114 g/mol. The highest BCUT2D eigenvalue weighted by Crippen LogP contribution is 1.96. The van der Waals surface area contributed by atoms with Crippen LogP contribution in [-0.4, -0.2) is 38.3 Å². The fourth-order valence-electron chi connectivity index (χ4n) is 0.961. The lowest BCUT2D eigenvalue weighted by atomic mass is 10.2. The SMILES string of the molecule is CN(C)CC1C=NNC1. The van der Waals surface area contributed by atoms with E-state index < -0.39 is 0 Å². The van der Waals surface area contributed by atoms with Crippen LogP contribution in [0.4, 0.5) is 0 Å². The molecule has 1 atom stereocenters. The molecule has 9 heavy (non-hydrogen) atoms. The van der Waals surface area contributed by atoms with Gasteiger partial charge < -0.3 is 10.3 Å². The molecule has 3 nitrogen and oxygen atoms in total. The summed E-state index contributed by atoms with van der Waals surface area (Å²) < 4.78 is 0. The quantitative estimate of drug-likeness (QED) is 0.554. The van der Waals surface area contributed by atoms with Gasteiger partial charge in [-0.25, -0.2) is 0 Å². The van der Waals surface area contributed by atoms with Gasteiger partial charge in [0, 0.05) is 25.2 Å². The number of hydrazone groups is 1. The molecule has 0 bridgehead atoms. The van der Waals surface area contributed by atoms with E-state index in [0.717, 1.165) is 13.1 Å². The molecule has 1 aliphatic rings. The van der Waals surface area contributed by atoms with E-state index in [4.69, 9.17) is 0 Å². The van der Waals surface area contributed by atoms with E-state index in [9.17, 15) is 0 Å². The van der Waals surface area contributed by atoms with Crippen molar-refractivity contribution >= 4 is 6.21 Å². The molecule has 3 heteroatoms. The minimum absolute atomic E-state index is 0.611. The fourth-order valence-corrected chi connectivity index (χ4v) is 0.961. The van der Waals surface area contributed by atoms with E-state index >= 15 is 0 Å². The summed E-state index contributed by atoms with van der Waals surface area (Å²) in [6.07, 6.45) is 1.97. The third kappa shape index (κ3) is 2.01. The van der Waals surface area contributed by atoms with Crippen LogP contribution in [0.25, 0.3) is 0 Å². The molecule has 0 spiro atoms. The number of nitrogens with zero attached hydrogens (tertiary/aromatic N) is 2. The second kappa shape index (κ2) is 2.82. The maximum absolute atomic E-state index is 3.92. The zero-order valence-electron chi connectivity index (χ0n) is 5.96. The van der Waals surface area contributed by atoms with E-state index in [2.05, 4.69) is 29.5 Å². The van der Waals surface area contributed by atoms with Gasteiger partial charge in [-0.2, -0.15) is 5.10 Å². The van der Waals surface area contributed by atoms with Gasteiger partial charge in [-0.1, -0.05) is 0 Å². The summed E-state index contributed by atoms with van der Waals surface area (Å²) >= 11 is 0. The molecule has 0 fully saturated rings. The first-order valence-corrected chi connectivity index (χ1v) is 3.20. The molecule has 1 N–H and O–H groups in total. The molecule has 0 aromatic heterocycles. The summed E-state index contributed by atoms with van der Waals surface area (Å²) in [4.78, 5) is 2.17. The van der Waals surface area contributed by atoms with Gasteiger partial charge in [0.15, 0.2) is 0 Å². The van der Waals surface area contributed by atoms with Crippen molar-refractivity contribution < 1.29 is 0 Å². The Balaban J connectivity index is 2.20. The Kier molecular flexibility index (Phi) is 2.05. The summed E-state index contributed by atoms with van der Waals surface area (Å²) in [5, 5.41) is 3.92. The molecule has 0 amide bonds. The topological polar surface area (TPSA) is 27.6 Å². The first-order chi connectivity index (χ1) is 4.29. The lowest BCUT2D eigenvalue weighted by Gasteiger charge is -2.11. The van der Waals surface area contributed by atoms with Crippen LogP contribution < -0.4 is 5.43 Å². The van der Waals surface area contributed by atoms with Gasteiger partial charge in [0.1, 0.15) is 0 Å². The number of hydrogen-bond donors (Lipinski definition) is 1. The highest BCUT2D eigenvalue weighted by molar-refractivity contribution is 5.62. The van der Waals surface area contributed by atoms with Gasteiger partial charge in [0.25, 0.3) is 0 Å². The van der Waals surface area contributed by atoms with E-state index in [1.54, 1.807) is 0 Å². The third-order valence-corrected chi connectivity index (χ3v) is 1.33. The first kappa shape index (κ1) is 6.55. The summed E-state index contributed by atoms with van der Waals surface area (Å²) in [6, 6.07) is 0. The Morgan fingerprint density at radius 3 is 3.00 bits per heavy atom. The summed E-state index contributed by atoms with van der Waals surface area (Å²) in [5.41, 5.74) is 2.92. The van der Waals surface area contributed by atoms with Crippen molar-refractivity contribution in [2.24, 2.45) is 11.0 Å². The van der Waals surface area contributed by atoms with Gasteiger partial charge in [-0.05, 0) is 14.1 Å². The minimum atomic E-state index is 0.611. The van der Waals surface area contributed by atoms with Gasteiger partial charge in [0.2, 0.25) is 0 Å². The Morgan fingerprint density at radius 2 is 2.56 bits per heavy atom. The zero-order valence-corrected chi connectivity index (χ0v) is 5.96. The molecule has 0 saturated carbocycles. The molecule has 0 aromatic rings. The molecule has 1 heterocycles. The minimum Gasteiger partial charge on any atom is -0.310 e. The average molecular weight is 127 g/mol. The monoisotopic (exact) mass is 127 g/mol. The fraction of sp³-hybridized carbons (Fsp3) is 0.833. The molecule has 0 aromatic carbocycles. The molecule has 0 radical (unpaired) electrons. The highest BCUT2D eigenvalue weighted by atomic mass is 15.3. The summed E-state index contributed by atoms with van der Waals surface area (Å²) in [6.45, 7) is 2.09. The van der Waals surface area contributed by atoms with Gasteiger partial charge in [-0.3, -0.25) is 0 Å². The maximum atomic E-state index is 3.92. The second-order valence-electron chi connectivity index (χ2n) is 2.66. The molecule has 0 aliphatic carbocycles. The van der Waals surface area contributed by atoms with Gasteiger partial charge in [-0.15, -0.1) is 0 Å². The molecule has 1 unspecified atom stereocenters. The van der Waals surface area contributed by atoms with Crippen molar-refractivity contribution in [1.29, 1.82) is 0 Å². The van der Waals surface area contributed by atoms with Crippen molar-refractivity contribution in [2.45, 2.75) is 0 Å². The Hall–Kier alpha value is -0.570. The number of rotatable bonds is 2. The molecule has 52 valence electrons. The summed E-state index contributed by atoms with van der Waals surface area (Å²) in [7, 11) is 4.15. The average Bonchev–Trinajstić information content (AvgIpc) is 2.15. The third-order valence-electron chi connectivity index (χ3n) is 1.33. The Bertz CT molecular complexity index is 109. The molecule has 1 rings (SSSR count). The van der Waals surface area contributed by atoms with Crippen LogP contribution in [0.3, 0.4) is 0 Å². The zero-order chi connectivity index (χ0) is 6.69. The molecular formula is C6H13N3. The van der Waals surface area contributed by atoms with Gasteiger partial charge in [0.05, 0.1) is 0 Å². The van der Waals surface area contributed by atoms with Crippen molar-refractivity contribution in [1.82, 2.24) is 10.3 Å². The lowest BCUT2D eigenvalue weighted by molar-refractivity contribution is 0.374. The van der Waals surface area contributed by atoms with Crippen LogP contribution in [0.2, 0.25) is 0 Å². The van der Waals surface area contributed by atoms with Crippen molar-refractivity contribution in [3.05, 3.63) is 0 Å². The normalized spacial score (nSPS) is 25.0. The number of hydrogen-bond acceptors (Lipinski definition) is 3. The summed E-state index contributed by atoms with van der Waals surface area (Å²) in [5.74, 6) is 0.611. The van der Waals surface area contributed by atoms with E-state index in [-0.39, 0.29) is 0 Å². The Morgan fingerprint density at radius 1 is 1.78 bits per heavy atom. The van der Waals surface area contributed by atoms with Crippen LogP contribution in [0.1, 0.15) is 0 Å².